The summed E-state index contributed by atoms with van der Waals surface area (Å²) in [7, 11) is 0. The summed E-state index contributed by atoms with van der Waals surface area (Å²) < 4.78 is 315. The van der Waals surface area contributed by atoms with E-state index < -0.39 is 71.8 Å². The molecule has 4 nitrogen and oxygen atoms in total. The molecule has 0 heterocycles. The Bertz CT molecular complexity index is 758. The quantitative estimate of drug-likeness (QED) is 0.304. The number of aliphatic hydroxyl groups is 2. The second-order valence-electron chi connectivity index (χ2n) is 6.92. The Labute approximate surface area is 208 Å². The number of hydrogen-bond acceptors (Lipinski definition) is 4. The molecule has 2 N–H and O–H groups in total. The zero-order valence-corrected chi connectivity index (χ0v) is 17.5. The van der Waals surface area contributed by atoms with Gasteiger partial charge in [-0.2, -0.15) is 115 Å². The van der Waals surface area contributed by atoms with Crippen molar-refractivity contribution in [3.63, 3.8) is 0 Å². The van der Waals surface area contributed by atoms with Gasteiger partial charge in [-0.1, -0.05) is 0 Å². The minimum atomic E-state index is -7.78. The lowest BCUT2D eigenvalue weighted by Gasteiger charge is -2.45. The van der Waals surface area contributed by atoms with E-state index in [-0.39, 0.29) is 0 Å². The van der Waals surface area contributed by atoms with Crippen molar-refractivity contribution in [2.45, 2.75) is 71.8 Å². The minimum absolute atomic E-state index is 1.02. The zero-order chi connectivity index (χ0) is 35.4. The van der Waals surface area contributed by atoms with Gasteiger partial charge >= 0.3 is 71.8 Å². The maximum absolute atomic E-state index is 12.3. The summed E-state index contributed by atoms with van der Waals surface area (Å²) in [6.45, 7) is 0. The molecule has 42 heavy (non-hydrogen) atoms. The molecule has 0 unspecified atom stereocenters. The fourth-order valence-electron chi connectivity index (χ4n) is 2.55. The molecular formula is C12H2F26O4. The first-order chi connectivity index (χ1) is 17.6. The molecule has 0 aromatic carbocycles. The second-order valence-corrected chi connectivity index (χ2v) is 6.92. The molecule has 0 saturated carbocycles. The van der Waals surface area contributed by atoms with Gasteiger partial charge in [0.15, 0.2) is 0 Å². The van der Waals surface area contributed by atoms with E-state index in [0.29, 0.717) is 0 Å². The first kappa shape index (κ1) is 42.2. The van der Waals surface area contributed by atoms with E-state index in [0.717, 1.165) is 9.88 Å². The summed E-state index contributed by atoms with van der Waals surface area (Å²) >= 11 is 0. The van der Waals surface area contributed by atoms with E-state index >= 15 is 0 Å². The molecule has 0 atom stereocenters. The maximum Gasteiger partial charge on any atom is 0.433 e. The molecule has 30 heteroatoms. The van der Waals surface area contributed by atoms with Crippen molar-refractivity contribution in [3.8, 4) is 0 Å². The number of alkyl halides is 24. The fraction of sp³-hybridized carbons (Fsp3) is 1.00. The van der Waals surface area contributed by atoms with Crippen LogP contribution in [0.3, 0.4) is 0 Å². The predicted molar refractivity (Wildman–Crippen MR) is 68.2 cm³/mol. The van der Waals surface area contributed by atoms with Crippen molar-refractivity contribution in [2.75, 3.05) is 0 Å². The Kier molecular flexibility index (Phi) is 10.9. The van der Waals surface area contributed by atoms with Crippen LogP contribution in [0, 0.1) is 0 Å². The van der Waals surface area contributed by atoms with Crippen molar-refractivity contribution >= 4 is 0 Å². The van der Waals surface area contributed by atoms with Gasteiger partial charge in [-0.25, -0.2) is 0 Å². The van der Waals surface area contributed by atoms with Crippen LogP contribution in [0.4, 0.5) is 114 Å². The van der Waals surface area contributed by atoms with Crippen LogP contribution in [-0.2, 0) is 9.88 Å². The van der Waals surface area contributed by atoms with Crippen molar-refractivity contribution in [2.24, 2.45) is 0 Å². The SMILES string of the molecule is FOC(C(F)(F)F)(C(F)(F)F)C(OF)(C(F)(F)F)C(F)(F)F.OC(C(F)(F)F)(C(F)(F)F)C(O)(C(F)(F)F)C(F)(F)F. The van der Waals surface area contributed by atoms with Gasteiger partial charge in [0.1, 0.15) is 0 Å². The van der Waals surface area contributed by atoms with Crippen LogP contribution in [-0.4, -0.2) is 82.0 Å². The van der Waals surface area contributed by atoms with E-state index in [9.17, 15) is 114 Å². The van der Waals surface area contributed by atoms with Gasteiger partial charge in [0.05, 0.1) is 0 Å². The second kappa shape index (κ2) is 10.9. The lowest BCUT2D eigenvalue weighted by Crippen LogP contribution is -2.81. The standard InChI is InChI=1S/C6F14O2.C6H2F12O2/c7-3(8,9)1(21-19,4(10,11)12)2(22-20,5(13,14)15)6(16,17)18;7-3(8,9)1(19,4(10,11)12)2(20,5(13,14)15)6(16,17)18/h;19-20H. The van der Waals surface area contributed by atoms with E-state index in [2.05, 4.69) is 0 Å². The predicted octanol–water partition coefficient (Wildman–Crippen LogP) is 7.21. The van der Waals surface area contributed by atoms with Crippen LogP contribution in [0.25, 0.3) is 0 Å². The summed E-state index contributed by atoms with van der Waals surface area (Å²) in [5.74, 6) is 0. The third-order valence-corrected chi connectivity index (χ3v) is 4.49. The van der Waals surface area contributed by atoms with E-state index in [4.69, 9.17) is 10.2 Å². The Morgan fingerprint density at radius 2 is 0.381 bits per heavy atom. The smallest absolute Gasteiger partial charge is 0.371 e. The van der Waals surface area contributed by atoms with Crippen LogP contribution >= 0.6 is 0 Å². The summed E-state index contributed by atoms with van der Waals surface area (Å²) in [6, 6.07) is 0. The van der Waals surface area contributed by atoms with Crippen LogP contribution in [0.15, 0.2) is 0 Å². The third-order valence-electron chi connectivity index (χ3n) is 4.49. The molecule has 0 aliphatic carbocycles. The normalized spacial score (nSPS) is 16.3. The van der Waals surface area contributed by atoms with Crippen LogP contribution in [0.1, 0.15) is 0 Å². The Morgan fingerprint density at radius 1 is 0.262 bits per heavy atom. The van der Waals surface area contributed by atoms with Crippen LogP contribution in [0.2, 0.25) is 0 Å². The van der Waals surface area contributed by atoms with E-state index in [1.165, 1.54) is 0 Å². The van der Waals surface area contributed by atoms with Crippen molar-refractivity contribution in [1.82, 2.24) is 0 Å². The minimum Gasteiger partial charge on any atom is -0.371 e. The third kappa shape index (κ3) is 5.89. The highest BCUT2D eigenvalue weighted by Gasteiger charge is 2.98. The molecule has 256 valence electrons. The molecule has 0 aliphatic rings. The molecule has 0 bridgehead atoms. The van der Waals surface area contributed by atoms with Crippen molar-refractivity contribution in [3.05, 3.63) is 0 Å². The molecule has 0 rings (SSSR count). The highest BCUT2D eigenvalue weighted by molar-refractivity contribution is 5.18. The average Bonchev–Trinajstić information content (AvgIpc) is 2.63. The van der Waals surface area contributed by atoms with E-state index in [1.54, 1.807) is 0 Å². The topological polar surface area (TPSA) is 58.9 Å². The molecule has 0 amide bonds. The number of rotatable bonds is 4. The molecular weight excluding hydrogens is 702 g/mol. The summed E-state index contributed by atoms with van der Waals surface area (Å²) in [4.78, 5) is 2.04. The molecule has 0 aliphatic heterocycles. The molecule has 0 aromatic rings. The van der Waals surface area contributed by atoms with Crippen molar-refractivity contribution < 1.29 is 135 Å². The fourth-order valence-corrected chi connectivity index (χ4v) is 2.55. The Balaban J connectivity index is 0. The van der Waals surface area contributed by atoms with Gasteiger partial charge in [0.25, 0.3) is 0 Å². The lowest BCUT2D eigenvalue weighted by atomic mass is 9.79. The summed E-state index contributed by atoms with van der Waals surface area (Å²) in [6.07, 6.45) is -61.2. The maximum atomic E-state index is 12.3. The molecule has 0 fully saturated rings. The Hall–Kier alpha value is -1.98. The Morgan fingerprint density at radius 3 is 0.429 bits per heavy atom. The van der Waals surface area contributed by atoms with Crippen molar-refractivity contribution in [1.29, 1.82) is 0 Å². The monoisotopic (exact) mass is 704 g/mol. The van der Waals surface area contributed by atoms with Gasteiger partial charge in [0.2, 0.25) is 0 Å². The van der Waals surface area contributed by atoms with Gasteiger partial charge in [-0.05, 0) is 9.05 Å². The first-order valence-corrected chi connectivity index (χ1v) is 8.20. The van der Waals surface area contributed by atoms with Gasteiger partial charge in [-0.3, -0.25) is 0 Å². The van der Waals surface area contributed by atoms with Crippen LogP contribution < -0.4 is 0 Å². The first-order valence-electron chi connectivity index (χ1n) is 8.20. The molecule has 0 spiro atoms. The summed E-state index contributed by atoms with van der Waals surface area (Å²) in [5, 5.41) is 16.3. The molecule has 0 radical (unpaired) electrons. The number of hydrogen-bond donors (Lipinski definition) is 2. The van der Waals surface area contributed by atoms with Gasteiger partial charge < -0.3 is 10.2 Å². The average molecular weight is 704 g/mol. The molecule has 0 aromatic heterocycles. The largest absolute Gasteiger partial charge is 0.433 e. The summed E-state index contributed by atoms with van der Waals surface area (Å²) in [5.41, 5.74) is -30.5. The van der Waals surface area contributed by atoms with Gasteiger partial charge in [-0.15, -0.1) is 0 Å². The highest BCUT2D eigenvalue weighted by atomic mass is 19.5. The highest BCUT2D eigenvalue weighted by Crippen LogP contribution is 2.64. The number of halogens is 26. The van der Waals surface area contributed by atoms with Gasteiger partial charge in [0, 0.05) is 0 Å². The lowest BCUT2D eigenvalue weighted by molar-refractivity contribution is -0.560. The molecule has 0 saturated heterocycles. The van der Waals surface area contributed by atoms with Crippen LogP contribution in [0.5, 0.6) is 0 Å². The van der Waals surface area contributed by atoms with E-state index in [1.807, 2.05) is 0 Å². The zero-order valence-electron chi connectivity index (χ0n) is 17.5.